The fourth-order valence-corrected chi connectivity index (χ4v) is 2.93. The molecular formula is C23H19F2N3O4. The number of hydrogen-bond donors (Lipinski definition) is 4. The van der Waals surface area contributed by atoms with Crippen LogP contribution in [0.25, 0.3) is 0 Å². The van der Waals surface area contributed by atoms with Gasteiger partial charge in [0.15, 0.2) is 0 Å². The second kappa shape index (κ2) is 9.69. The third-order valence-electron chi connectivity index (χ3n) is 4.49. The van der Waals surface area contributed by atoms with E-state index in [0.29, 0.717) is 17.2 Å². The highest BCUT2D eigenvalue weighted by Gasteiger charge is 2.14. The molecule has 0 unspecified atom stereocenters. The summed E-state index contributed by atoms with van der Waals surface area (Å²) in [5.41, 5.74) is 0.988. The van der Waals surface area contributed by atoms with Crippen molar-refractivity contribution in [1.82, 2.24) is 10.6 Å². The highest BCUT2D eigenvalue weighted by atomic mass is 19.1. The van der Waals surface area contributed by atoms with Gasteiger partial charge in [-0.2, -0.15) is 0 Å². The summed E-state index contributed by atoms with van der Waals surface area (Å²) in [4.78, 5) is 36.3. The Morgan fingerprint density at radius 3 is 2.22 bits per heavy atom. The number of hydrogen-bond acceptors (Lipinski definition) is 4. The molecule has 3 aromatic rings. The number of carbonyl (C=O) groups excluding carboxylic acids is 3. The highest BCUT2D eigenvalue weighted by molar-refractivity contribution is 6.05. The summed E-state index contributed by atoms with van der Waals surface area (Å²) >= 11 is 0. The number of aromatic hydroxyl groups is 1. The molecule has 0 saturated heterocycles. The van der Waals surface area contributed by atoms with Gasteiger partial charge >= 0.3 is 0 Å². The van der Waals surface area contributed by atoms with E-state index >= 15 is 0 Å². The summed E-state index contributed by atoms with van der Waals surface area (Å²) < 4.78 is 26.6. The van der Waals surface area contributed by atoms with E-state index < -0.39 is 29.2 Å². The van der Waals surface area contributed by atoms with Crippen LogP contribution in [0.5, 0.6) is 5.75 Å². The Balaban J connectivity index is 1.66. The van der Waals surface area contributed by atoms with E-state index in [9.17, 15) is 28.3 Å². The van der Waals surface area contributed by atoms with Crippen molar-refractivity contribution in [3.05, 3.63) is 94.6 Å². The number of amides is 3. The maximum atomic E-state index is 13.3. The quantitative estimate of drug-likeness (QED) is 0.473. The number of rotatable bonds is 6. The zero-order valence-electron chi connectivity index (χ0n) is 16.9. The van der Waals surface area contributed by atoms with Crippen LogP contribution in [0.1, 0.15) is 36.6 Å². The molecule has 164 valence electrons. The van der Waals surface area contributed by atoms with Crippen molar-refractivity contribution in [3.8, 4) is 5.75 Å². The van der Waals surface area contributed by atoms with E-state index in [2.05, 4.69) is 16.0 Å². The van der Waals surface area contributed by atoms with Gasteiger partial charge in [0.2, 0.25) is 0 Å². The summed E-state index contributed by atoms with van der Waals surface area (Å²) in [5.74, 6) is -3.80. The summed E-state index contributed by atoms with van der Waals surface area (Å²) in [6.45, 7) is 0.118. The average molecular weight is 439 g/mol. The predicted octanol–water partition coefficient (Wildman–Crippen LogP) is 3.21. The first-order valence-corrected chi connectivity index (χ1v) is 9.46. The molecule has 3 rings (SSSR count). The summed E-state index contributed by atoms with van der Waals surface area (Å²) in [6.07, 6.45) is 0. The van der Waals surface area contributed by atoms with E-state index in [1.165, 1.54) is 19.2 Å². The number of phenols is 1. The minimum Gasteiger partial charge on any atom is -0.507 e. The highest BCUT2D eigenvalue weighted by Crippen LogP contribution is 2.23. The molecule has 3 amide bonds. The first-order chi connectivity index (χ1) is 15.3. The summed E-state index contributed by atoms with van der Waals surface area (Å²) in [7, 11) is 1.52. The van der Waals surface area contributed by atoms with Crippen LogP contribution in [-0.4, -0.2) is 29.9 Å². The van der Waals surface area contributed by atoms with Crippen molar-refractivity contribution in [2.24, 2.45) is 0 Å². The van der Waals surface area contributed by atoms with Gasteiger partial charge in [0.25, 0.3) is 17.7 Å². The van der Waals surface area contributed by atoms with Crippen LogP contribution in [0.2, 0.25) is 0 Å². The van der Waals surface area contributed by atoms with Crippen molar-refractivity contribution in [2.75, 3.05) is 12.4 Å². The van der Waals surface area contributed by atoms with Crippen molar-refractivity contribution in [1.29, 1.82) is 0 Å². The molecule has 0 fully saturated rings. The number of halogens is 2. The van der Waals surface area contributed by atoms with E-state index in [0.717, 1.165) is 18.2 Å². The molecule has 3 aromatic carbocycles. The van der Waals surface area contributed by atoms with Gasteiger partial charge in [0.1, 0.15) is 17.4 Å². The molecule has 0 bridgehead atoms. The van der Waals surface area contributed by atoms with Crippen LogP contribution in [0, 0.1) is 11.6 Å². The lowest BCUT2D eigenvalue weighted by Gasteiger charge is -2.10. The van der Waals surface area contributed by atoms with Gasteiger partial charge in [-0.1, -0.05) is 12.1 Å². The third kappa shape index (κ3) is 5.45. The molecule has 4 N–H and O–H groups in total. The zero-order chi connectivity index (χ0) is 23.3. The molecule has 0 aliphatic rings. The van der Waals surface area contributed by atoms with Crippen LogP contribution in [0.3, 0.4) is 0 Å². The van der Waals surface area contributed by atoms with E-state index in [-0.39, 0.29) is 29.3 Å². The SMILES string of the molecule is CNC(=O)c1cccc(CNC(=O)c2ccc(NC(=O)c3cc(F)cc(F)c3)cc2O)c1. The minimum atomic E-state index is -0.897. The number of carbonyl (C=O) groups is 3. The standard InChI is InChI=1S/C23H19F2N3O4/c1-26-21(30)14-4-2-3-13(7-14)12-27-23(32)19-6-5-18(11-20(19)29)28-22(31)15-8-16(24)10-17(25)9-15/h2-11,29H,12H2,1H3,(H,26,30)(H,27,32)(H,28,31). The third-order valence-corrected chi connectivity index (χ3v) is 4.49. The molecular weight excluding hydrogens is 420 g/mol. The van der Waals surface area contributed by atoms with Gasteiger partial charge < -0.3 is 21.1 Å². The van der Waals surface area contributed by atoms with Gasteiger partial charge in [0.05, 0.1) is 5.56 Å². The maximum Gasteiger partial charge on any atom is 0.255 e. The van der Waals surface area contributed by atoms with Gasteiger partial charge in [0, 0.05) is 42.5 Å². The van der Waals surface area contributed by atoms with E-state index in [1.807, 2.05) is 0 Å². The second-order valence-corrected chi connectivity index (χ2v) is 6.81. The summed E-state index contributed by atoms with van der Waals surface area (Å²) in [6, 6.07) is 12.9. The Morgan fingerprint density at radius 2 is 1.56 bits per heavy atom. The van der Waals surface area contributed by atoms with Gasteiger partial charge in [-0.25, -0.2) is 8.78 Å². The largest absolute Gasteiger partial charge is 0.507 e. The number of nitrogens with one attached hydrogen (secondary N) is 3. The Labute approximate surface area is 182 Å². The maximum absolute atomic E-state index is 13.3. The fraction of sp³-hybridized carbons (Fsp3) is 0.0870. The van der Waals surface area contributed by atoms with Crippen LogP contribution in [-0.2, 0) is 6.54 Å². The number of anilines is 1. The fourth-order valence-electron chi connectivity index (χ4n) is 2.93. The Bertz CT molecular complexity index is 1180. The van der Waals surface area contributed by atoms with Gasteiger partial charge in [-0.05, 0) is 42.0 Å². The Hall–Kier alpha value is -4.27. The smallest absolute Gasteiger partial charge is 0.255 e. The minimum absolute atomic E-state index is 0.0396. The van der Waals surface area contributed by atoms with Crippen LogP contribution < -0.4 is 16.0 Å². The van der Waals surface area contributed by atoms with Crippen LogP contribution in [0.4, 0.5) is 14.5 Å². The average Bonchev–Trinajstić information content (AvgIpc) is 2.76. The molecule has 0 radical (unpaired) electrons. The van der Waals surface area contributed by atoms with Crippen molar-refractivity contribution in [3.63, 3.8) is 0 Å². The zero-order valence-corrected chi connectivity index (χ0v) is 16.9. The normalized spacial score (nSPS) is 10.3. The van der Waals surface area contributed by atoms with E-state index in [4.69, 9.17) is 0 Å². The predicted molar refractivity (Wildman–Crippen MR) is 113 cm³/mol. The van der Waals surface area contributed by atoms with E-state index in [1.54, 1.807) is 24.3 Å². The lowest BCUT2D eigenvalue weighted by atomic mass is 10.1. The molecule has 0 aliphatic heterocycles. The summed E-state index contributed by atoms with van der Waals surface area (Å²) in [5, 5.41) is 17.7. The van der Waals surface area contributed by atoms with Gasteiger partial charge in [-0.15, -0.1) is 0 Å². The molecule has 0 aromatic heterocycles. The topological polar surface area (TPSA) is 108 Å². The molecule has 0 heterocycles. The van der Waals surface area contributed by atoms with Crippen molar-refractivity contribution in [2.45, 2.75) is 6.54 Å². The number of benzene rings is 3. The van der Waals surface area contributed by atoms with Crippen LogP contribution >= 0.6 is 0 Å². The van der Waals surface area contributed by atoms with Gasteiger partial charge in [-0.3, -0.25) is 14.4 Å². The Kier molecular flexibility index (Phi) is 6.79. The molecule has 32 heavy (non-hydrogen) atoms. The van der Waals surface area contributed by atoms with Crippen LogP contribution in [0.15, 0.2) is 60.7 Å². The molecule has 0 atom stereocenters. The van der Waals surface area contributed by atoms with Crippen molar-refractivity contribution >= 4 is 23.4 Å². The second-order valence-electron chi connectivity index (χ2n) is 6.81. The molecule has 7 nitrogen and oxygen atoms in total. The van der Waals surface area contributed by atoms with Crippen molar-refractivity contribution < 1.29 is 28.3 Å². The molecule has 9 heteroatoms. The first kappa shape index (κ1) is 22.4. The molecule has 0 aliphatic carbocycles. The first-order valence-electron chi connectivity index (χ1n) is 9.46. The lowest BCUT2D eigenvalue weighted by molar-refractivity contribution is 0.0946. The molecule has 0 spiro atoms. The Morgan fingerprint density at radius 1 is 0.844 bits per heavy atom. The number of phenolic OH excluding ortho intramolecular Hbond substituents is 1. The molecule has 0 saturated carbocycles. The monoisotopic (exact) mass is 439 g/mol. The lowest BCUT2D eigenvalue weighted by Crippen LogP contribution is -2.23.